The third-order valence-corrected chi connectivity index (χ3v) is 11.8. The van der Waals surface area contributed by atoms with E-state index in [4.69, 9.17) is 9.05 Å². The minimum Gasteiger partial charge on any atom is -0.390 e. The van der Waals surface area contributed by atoms with Crippen LogP contribution in [0.5, 0.6) is 0 Å². The van der Waals surface area contributed by atoms with Gasteiger partial charge in [0.05, 0.1) is 39.9 Å². The zero-order valence-corrected chi connectivity index (χ0v) is 38.8. The minimum absolute atomic E-state index is 0.0156. The molecule has 57 heavy (non-hydrogen) atoms. The zero-order chi connectivity index (χ0) is 42.3. The van der Waals surface area contributed by atoms with Gasteiger partial charge in [-0.3, -0.25) is 13.8 Å². The Bertz CT molecular complexity index is 1000. The van der Waals surface area contributed by atoms with E-state index in [9.17, 15) is 24.5 Å². The van der Waals surface area contributed by atoms with Gasteiger partial charge in [-0.1, -0.05) is 179 Å². The molecule has 0 radical (unpaired) electrons. The second-order valence-electron chi connectivity index (χ2n) is 17.6. The molecule has 338 valence electrons. The molecule has 0 aromatic carbocycles. The molecule has 1 amide bonds. The van der Waals surface area contributed by atoms with Crippen LogP contribution in [0.1, 0.15) is 213 Å². The Morgan fingerprint density at radius 1 is 0.596 bits per heavy atom. The number of phosphoric acid groups is 1. The lowest BCUT2D eigenvalue weighted by molar-refractivity contribution is -0.870. The van der Waals surface area contributed by atoms with E-state index >= 15 is 0 Å². The predicted octanol–water partition coefficient (Wildman–Crippen LogP) is 12.3. The Hall–Kier alpha value is -1.06. The van der Waals surface area contributed by atoms with E-state index in [0.29, 0.717) is 23.9 Å². The van der Waals surface area contributed by atoms with E-state index in [2.05, 4.69) is 43.5 Å². The second-order valence-corrected chi connectivity index (χ2v) is 19.1. The summed E-state index contributed by atoms with van der Waals surface area (Å²) in [5.41, 5.74) is 0. The summed E-state index contributed by atoms with van der Waals surface area (Å²) in [6.45, 7) is 4.56. The third kappa shape index (κ3) is 40.1. The van der Waals surface area contributed by atoms with Gasteiger partial charge in [0.1, 0.15) is 19.3 Å². The molecule has 0 aliphatic carbocycles. The van der Waals surface area contributed by atoms with Gasteiger partial charge in [-0.05, 0) is 51.4 Å². The number of hydrogen-bond acceptors (Lipinski definition) is 6. The fraction of sp³-hybridized carbons (Fsp3) is 0.894. The monoisotopic (exact) mass is 830 g/mol. The lowest BCUT2D eigenvalue weighted by Gasteiger charge is -2.28. The molecule has 0 rings (SSSR count). The maximum Gasteiger partial charge on any atom is 0.472 e. The SMILES string of the molecule is CCCCC/C=C/CC/C=C/CCCC(O)C(O)C(COP(=O)(O)OCC[N+](C)(C)C)NC(=O)CCCCCCCCCCCCCCCCCCCCCCC. The molecule has 0 spiro atoms. The summed E-state index contributed by atoms with van der Waals surface area (Å²) in [5.74, 6) is -0.270. The van der Waals surface area contributed by atoms with E-state index in [1.165, 1.54) is 135 Å². The van der Waals surface area contributed by atoms with Crippen LogP contribution in [0.3, 0.4) is 0 Å². The van der Waals surface area contributed by atoms with Gasteiger partial charge >= 0.3 is 7.82 Å². The molecule has 0 aliphatic rings. The maximum atomic E-state index is 12.9. The molecule has 0 bridgehead atoms. The standard InChI is InChI=1S/C47H93N2O7P/c1-6-8-10-12-14-16-18-20-21-22-23-24-25-26-27-28-30-32-34-36-38-40-46(51)48-44(43-56-57(53,54)55-42-41-49(3,4)5)47(52)45(50)39-37-35-33-31-29-19-17-15-13-11-9-7-2/h15,17,31,33,44-45,47,50,52H,6-14,16,18-30,32,34-43H2,1-5H3,(H-,48,51,53,54)/p+1/b17-15+,33-31+. The van der Waals surface area contributed by atoms with Crippen molar-refractivity contribution >= 4 is 13.7 Å². The molecule has 4 N–H and O–H groups in total. The first-order valence-electron chi connectivity index (χ1n) is 23.8. The summed E-state index contributed by atoms with van der Waals surface area (Å²) in [7, 11) is 1.41. The second kappa shape index (κ2) is 39.1. The van der Waals surface area contributed by atoms with Crippen LogP contribution in [-0.2, 0) is 18.4 Å². The van der Waals surface area contributed by atoms with Crippen LogP contribution in [-0.4, -0.2) is 84.6 Å². The lowest BCUT2D eigenvalue weighted by atomic mass is 10.0. The highest BCUT2D eigenvalue weighted by Gasteiger charge is 2.31. The van der Waals surface area contributed by atoms with Crippen molar-refractivity contribution < 1.29 is 38.0 Å². The first kappa shape index (κ1) is 55.9. The number of aliphatic hydroxyl groups is 2. The topological polar surface area (TPSA) is 125 Å². The number of nitrogens with one attached hydrogen (secondary N) is 1. The van der Waals surface area contributed by atoms with Crippen molar-refractivity contribution in [3.05, 3.63) is 24.3 Å². The predicted molar refractivity (Wildman–Crippen MR) is 241 cm³/mol. The largest absolute Gasteiger partial charge is 0.472 e. The molecular weight excluding hydrogens is 735 g/mol. The van der Waals surface area contributed by atoms with Crippen LogP contribution in [0.25, 0.3) is 0 Å². The number of phosphoric ester groups is 1. The fourth-order valence-corrected chi connectivity index (χ4v) is 7.66. The molecule has 0 saturated heterocycles. The van der Waals surface area contributed by atoms with Crippen LogP contribution in [0.15, 0.2) is 24.3 Å². The highest BCUT2D eigenvalue weighted by atomic mass is 31.2. The molecule has 4 unspecified atom stereocenters. The Morgan fingerprint density at radius 3 is 1.46 bits per heavy atom. The molecule has 0 fully saturated rings. The fourth-order valence-electron chi connectivity index (χ4n) is 6.92. The quantitative estimate of drug-likeness (QED) is 0.0209. The van der Waals surface area contributed by atoms with Crippen LogP contribution in [0, 0.1) is 0 Å². The van der Waals surface area contributed by atoms with Crippen LogP contribution >= 0.6 is 7.82 Å². The summed E-state index contributed by atoms with van der Waals surface area (Å²) in [4.78, 5) is 23.2. The number of quaternary nitrogens is 1. The third-order valence-electron chi connectivity index (χ3n) is 10.8. The van der Waals surface area contributed by atoms with E-state index in [1.54, 1.807) is 0 Å². The van der Waals surface area contributed by atoms with Crippen molar-refractivity contribution in [2.75, 3.05) is 40.9 Å². The molecule has 9 nitrogen and oxygen atoms in total. The first-order chi connectivity index (χ1) is 27.4. The van der Waals surface area contributed by atoms with Crippen molar-refractivity contribution in [2.45, 2.75) is 231 Å². The highest BCUT2D eigenvalue weighted by molar-refractivity contribution is 7.47. The number of likely N-dealkylation sites (N-methyl/N-ethyl adjacent to an activating group) is 1. The van der Waals surface area contributed by atoms with Crippen LogP contribution < -0.4 is 5.32 Å². The van der Waals surface area contributed by atoms with Crippen molar-refractivity contribution in [3.8, 4) is 0 Å². The highest BCUT2D eigenvalue weighted by Crippen LogP contribution is 2.43. The Labute approximate surface area is 352 Å². The summed E-state index contributed by atoms with van der Waals surface area (Å²) >= 11 is 0. The van der Waals surface area contributed by atoms with Gasteiger partial charge in [-0.25, -0.2) is 4.57 Å². The smallest absolute Gasteiger partial charge is 0.390 e. The number of carbonyl (C=O) groups excluding carboxylic acids is 1. The van der Waals surface area contributed by atoms with Crippen molar-refractivity contribution in [1.82, 2.24) is 5.32 Å². The van der Waals surface area contributed by atoms with E-state index in [0.717, 1.165) is 44.9 Å². The molecule has 0 aromatic heterocycles. The number of amides is 1. The van der Waals surface area contributed by atoms with Crippen LogP contribution in [0.2, 0.25) is 0 Å². The molecule has 0 aliphatic heterocycles. The van der Waals surface area contributed by atoms with Gasteiger partial charge in [-0.2, -0.15) is 0 Å². The Kier molecular flexibility index (Phi) is 38.4. The van der Waals surface area contributed by atoms with Crippen molar-refractivity contribution in [1.29, 1.82) is 0 Å². The molecule has 0 saturated carbocycles. The Balaban J connectivity index is 4.39. The normalized spacial score (nSPS) is 15.0. The number of allylic oxidation sites excluding steroid dienone is 4. The number of hydrogen-bond donors (Lipinski definition) is 4. The van der Waals surface area contributed by atoms with E-state index in [-0.39, 0.29) is 18.9 Å². The lowest BCUT2D eigenvalue weighted by Crippen LogP contribution is -2.51. The van der Waals surface area contributed by atoms with Gasteiger partial charge in [0.15, 0.2) is 0 Å². The number of carbonyl (C=O) groups is 1. The van der Waals surface area contributed by atoms with Crippen molar-refractivity contribution in [3.63, 3.8) is 0 Å². The molecule has 4 atom stereocenters. The molecule has 0 aromatic rings. The summed E-state index contributed by atoms with van der Waals surface area (Å²) in [5, 5.41) is 24.6. The number of nitrogens with zero attached hydrogens (tertiary/aromatic N) is 1. The average molecular weight is 830 g/mol. The van der Waals surface area contributed by atoms with Gasteiger partial charge in [0, 0.05) is 6.42 Å². The Morgan fingerprint density at radius 2 is 1.00 bits per heavy atom. The number of rotatable bonds is 43. The van der Waals surface area contributed by atoms with Crippen molar-refractivity contribution in [2.24, 2.45) is 0 Å². The van der Waals surface area contributed by atoms with Gasteiger partial charge in [0.2, 0.25) is 5.91 Å². The zero-order valence-electron chi connectivity index (χ0n) is 38.0. The van der Waals surface area contributed by atoms with Gasteiger partial charge in [0.25, 0.3) is 0 Å². The van der Waals surface area contributed by atoms with Crippen LogP contribution in [0.4, 0.5) is 0 Å². The maximum absolute atomic E-state index is 12.9. The summed E-state index contributed by atoms with van der Waals surface area (Å²) in [6, 6.07) is -1.05. The van der Waals surface area contributed by atoms with E-state index < -0.39 is 32.7 Å². The molecule has 0 heterocycles. The average Bonchev–Trinajstić information content (AvgIpc) is 3.16. The molecular formula is C47H94N2O7P+. The summed E-state index contributed by atoms with van der Waals surface area (Å²) in [6.07, 6.45) is 42.5. The first-order valence-corrected chi connectivity index (χ1v) is 25.3. The number of aliphatic hydroxyl groups excluding tert-OH is 2. The molecule has 10 heteroatoms. The van der Waals surface area contributed by atoms with E-state index in [1.807, 2.05) is 21.1 Å². The van der Waals surface area contributed by atoms with Gasteiger partial charge in [-0.15, -0.1) is 0 Å². The number of unbranched alkanes of at least 4 members (excludes halogenated alkanes) is 25. The minimum atomic E-state index is -4.42. The van der Waals surface area contributed by atoms with Gasteiger partial charge < -0.3 is 24.9 Å². The summed E-state index contributed by atoms with van der Waals surface area (Å²) < 4.78 is 23.5.